The summed E-state index contributed by atoms with van der Waals surface area (Å²) in [6.07, 6.45) is 2.79. The van der Waals surface area contributed by atoms with Gasteiger partial charge in [0.05, 0.1) is 5.69 Å². The Hall–Kier alpha value is -2.02. The zero-order chi connectivity index (χ0) is 15.7. The molecule has 3 rings (SSSR count). The number of nitrogens with one attached hydrogen (secondary N) is 1. The second-order valence-corrected chi connectivity index (χ2v) is 6.81. The molecule has 0 saturated carbocycles. The van der Waals surface area contributed by atoms with Crippen LogP contribution in [0.25, 0.3) is 0 Å². The summed E-state index contributed by atoms with van der Waals surface area (Å²) in [6.45, 7) is 7.07. The topological polar surface area (TPSA) is 71.0 Å². The lowest BCUT2D eigenvalue weighted by atomic mass is 10.0. The molecule has 116 valence electrons. The van der Waals surface area contributed by atoms with Crippen molar-refractivity contribution in [1.29, 1.82) is 0 Å². The Morgan fingerprint density at radius 2 is 2.23 bits per heavy atom. The van der Waals surface area contributed by atoms with Gasteiger partial charge in [0, 0.05) is 43.1 Å². The summed E-state index contributed by atoms with van der Waals surface area (Å²) in [7, 11) is 0. The standard InChI is InChI=1S/C15H19N5OS/c1-9-7-16-15(22-9)19-14-6-13(17-10(2)18-14)12-4-5-20(8-12)11(3)21/h6-7,12H,4-5,8H2,1-3H3,(H,16,17,18,19)/t12-/m0/s1. The van der Waals surface area contributed by atoms with Gasteiger partial charge in [-0.2, -0.15) is 0 Å². The second kappa shape index (κ2) is 6.00. The van der Waals surface area contributed by atoms with Crippen molar-refractivity contribution in [1.82, 2.24) is 19.9 Å². The number of amides is 1. The number of aryl methyl sites for hydroxylation is 2. The minimum absolute atomic E-state index is 0.130. The minimum Gasteiger partial charge on any atom is -0.342 e. The Morgan fingerprint density at radius 1 is 1.41 bits per heavy atom. The van der Waals surface area contributed by atoms with Gasteiger partial charge in [0.15, 0.2) is 5.13 Å². The number of aromatic nitrogens is 3. The van der Waals surface area contributed by atoms with Crippen LogP contribution >= 0.6 is 11.3 Å². The summed E-state index contributed by atoms with van der Waals surface area (Å²) in [5.41, 5.74) is 0.993. The third-order valence-corrected chi connectivity index (χ3v) is 4.59. The highest BCUT2D eigenvalue weighted by Gasteiger charge is 2.27. The van der Waals surface area contributed by atoms with Crippen LogP contribution in [-0.4, -0.2) is 38.8 Å². The molecular formula is C15H19N5OS. The third kappa shape index (κ3) is 3.24. The van der Waals surface area contributed by atoms with Gasteiger partial charge in [0.1, 0.15) is 11.6 Å². The van der Waals surface area contributed by atoms with Gasteiger partial charge in [-0.25, -0.2) is 15.0 Å². The molecule has 0 aromatic carbocycles. The fraction of sp³-hybridized carbons (Fsp3) is 0.467. The molecule has 0 radical (unpaired) electrons. The Bertz CT molecular complexity index is 699. The number of hydrogen-bond acceptors (Lipinski definition) is 6. The number of likely N-dealkylation sites (tertiary alicyclic amines) is 1. The van der Waals surface area contributed by atoms with Crippen molar-refractivity contribution in [2.75, 3.05) is 18.4 Å². The van der Waals surface area contributed by atoms with Gasteiger partial charge in [0.2, 0.25) is 5.91 Å². The van der Waals surface area contributed by atoms with Crippen LogP contribution in [0, 0.1) is 13.8 Å². The van der Waals surface area contributed by atoms with Gasteiger partial charge in [-0.05, 0) is 20.3 Å². The second-order valence-electron chi connectivity index (χ2n) is 5.58. The first-order valence-electron chi connectivity index (χ1n) is 7.32. The maximum absolute atomic E-state index is 11.5. The SMILES string of the molecule is CC(=O)N1CC[C@H](c2cc(Nc3ncc(C)s3)nc(C)n2)C1. The first-order chi connectivity index (χ1) is 10.5. The van der Waals surface area contributed by atoms with E-state index in [2.05, 4.69) is 20.3 Å². The molecule has 1 aliphatic heterocycles. The van der Waals surface area contributed by atoms with Crippen molar-refractivity contribution in [2.45, 2.75) is 33.1 Å². The fourth-order valence-electron chi connectivity index (χ4n) is 2.67. The molecule has 6 nitrogen and oxygen atoms in total. The van der Waals surface area contributed by atoms with Crippen LogP contribution in [0.3, 0.4) is 0 Å². The van der Waals surface area contributed by atoms with Gasteiger partial charge < -0.3 is 10.2 Å². The predicted octanol–water partition coefficient (Wildman–Crippen LogP) is 2.63. The van der Waals surface area contributed by atoms with E-state index >= 15 is 0 Å². The molecule has 7 heteroatoms. The molecule has 2 aromatic rings. The summed E-state index contributed by atoms with van der Waals surface area (Å²) < 4.78 is 0. The van der Waals surface area contributed by atoms with Crippen LogP contribution in [0.5, 0.6) is 0 Å². The van der Waals surface area contributed by atoms with Crippen LogP contribution in [0.2, 0.25) is 0 Å². The monoisotopic (exact) mass is 317 g/mol. The number of nitrogens with zero attached hydrogens (tertiary/aromatic N) is 4. The van der Waals surface area contributed by atoms with Crippen LogP contribution in [-0.2, 0) is 4.79 Å². The molecule has 2 aromatic heterocycles. The van der Waals surface area contributed by atoms with Gasteiger partial charge in [-0.3, -0.25) is 4.79 Å². The molecule has 1 saturated heterocycles. The van der Waals surface area contributed by atoms with Crippen molar-refractivity contribution in [2.24, 2.45) is 0 Å². The smallest absolute Gasteiger partial charge is 0.219 e. The van der Waals surface area contributed by atoms with E-state index in [0.29, 0.717) is 0 Å². The quantitative estimate of drug-likeness (QED) is 0.942. The van der Waals surface area contributed by atoms with Crippen molar-refractivity contribution in [3.05, 3.63) is 28.7 Å². The summed E-state index contributed by atoms with van der Waals surface area (Å²) >= 11 is 1.60. The molecule has 1 atom stereocenters. The average Bonchev–Trinajstić information content (AvgIpc) is 3.07. The van der Waals surface area contributed by atoms with Crippen molar-refractivity contribution >= 4 is 28.2 Å². The lowest BCUT2D eigenvalue weighted by Gasteiger charge is -2.14. The van der Waals surface area contributed by atoms with E-state index in [1.807, 2.05) is 31.0 Å². The molecular weight excluding hydrogens is 298 g/mol. The van der Waals surface area contributed by atoms with E-state index in [9.17, 15) is 4.79 Å². The van der Waals surface area contributed by atoms with E-state index in [4.69, 9.17) is 0 Å². The molecule has 1 aliphatic rings. The van der Waals surface area contributed by atoms with Crippen LogP contribution in [0.4, 0.5) is 10.9 Å². The summed E-state index contributed by atoms with van der Waals surface area (Å²) in [5, 5.41) is 4.07. The Labute approximate surface area is 133 Å². The lowest BCUT2D eigenvalue weighted by molar-refractivity contribution is -0.127. The fourth-order valence-corrected chi connectivity index (χ4v) is 3.35. The highest BCUT2D eigenvalue weighted by Crippen LogP contribution is 2.28. The number of rotatable bonds is 3. The summed E-state index contributed by atoms with van der Waals surface area (Å²) in [6, 6.07) is 1.97. The van der Waals surface area contributed by atoms with E-state index < -0.39 is 0 Å². The molecule has 0 spiro atoms. The zero-order valence-corrected chi connectivity index (χ0v) is 13.8. The van der Waals surface area contributed by atoms with Crippen LogP contribution in [0.15, 0.2) is 12.3 Å². The highest BCUT2D eigenvalue weighted by atomic mass is 32.1. The maximum Gasteiger partial charge on any atom is 0.219 e. The van der Waals surface area contributed by atoms with E-state index in [1.54, 1.807) is 18.3 Å². The molecule has 1 amide bonds. The highest BCUT2D eigenvalue weighted by molar-refractivity contribution is 7.15. The van der Waals surface area contributed by atoms with Crippen molar-refractivity contribution in [3.8, 4) is 0 Å². The largest absolute Gasteiger partial charge is 0.342 e. The van der Waals surface area contributed by atoms with Gasteiger partial charge in [-0.15, -0.1) is 11.3 Å². The number of anilines is 2. The molecule has 0 aliphatic carbocycles. The first-order valence-corrected chi connectivity index (χ1v) is 8.13. The molecule has 0 unspecified atom stereocenters. The normalized spacial score (nSPS) is 17.8. The Kier molecular flexibility index (Phi) is 4.06. The molecule has 1 fully saturated rings. The van der Waals surface area contributed by atoms with E-state index in [-0.39, 0.29) is 11.8 Å². The number of thiazole rings is 1. The predicted molar refractivity (Wildman–Crippen MR) is 86.5 cm³/mol. The minimum atomic E-state index is 0.130. The molecule has 3 heterocycles. The molecule has 22 heavy (non-hydrogen) atoms. The van der Waals surface area contributed by atoms with Crippen LogP contribution < -0.4 is 5.32 Å². The van der Waals surface area contributed by atoms with E-state index in [1.165, 1.54) is 0 Å². The van der Waals surface area contributed by atoms with Crippen LogP contribution in [0.1, 0.15) is 35.7 Å². The number of carbonyl (C=O) groups is 1. The van der Waals surface area contributed by atoms with Gasteiger partial charge in [-0.1, -0.05) is 0 Å². The Balaban J connectivity index is 1.79. The summed E-state index contributed by atoms with van der Waals surface area (Å²) in [4.78, 5) is 27.8. The van der Waals surface area contributed by atoms with Crippen molar-refractivity contribution < 1.29 is 4.79 Å². The lowest BCUT2D eigenvalue weighted by Crippen LogP contribution is -2.25. The zero-order valence-electron chi connectivity index (χ0n) is 13.0. The third-order valence-electron chi connectivity index (χ3n) is 3.77. The number of hydrogen-bond donors (Lipinski definition) is 1. The Morgan fingerprint density at radius 3 is 2.86 bits per heavy atom. The van der Waals surface area contributed by atoms with E-state index in [0.717, 1.165) is 46.9 Å². The maximum atomic E-state index is 11.5. The average molecular weight is 317 g/mol. The summed E-state index contributed by atoms with van der Waals surface area (Å²) in [5.74, 6) is 1.90. The van der Waals surface area contributed by atoms with Gasteiger partial charge >= 0.3 is 0 Å². The van der Waals surface area contributed by atoms with Gasteiger partial charge in [0.25, 0.3) is 0 Å². The first kappa shape index (κ1) is 14.9. The number of carbonyl (C=O) groups excluding carboxylic acids is 1. The van der Waals surface area contributed by atoms with Crippen molar-refractivity contribution in [3.63, 3.8) is 0 Å². The molecule has 1 N–H and O–H groups in total. The molecule has 0 bridgehead atoms.